The third kappa shape index (κ3) is 7.46. The number of hydrogen-bond acceptors (Lipinski definition) is 6. The fourth-order valence-corrected chi connectivity index (χ4v) is 10.9. The molecule has 1 saturated heterocycles. The van der Waals surface area contributed by atoms with E-state index in [1.807, 2.05) is 53.3 Å². The summed E-state index contributed by atoms with van der Waals surface area (Å²) < 4.78 is 14.2. The molecule has 0 saturated carbocycles. The molecule has 2 heterocycles. The summed E-state index contributed by atoms with van der Waals surface area (Å²) in [6.45, 7) is 8.06. The maximum Gasteiger partial charge on any atom is 0.255 e. The molecule has 1 fully saturated rings. The zero-order valence-corrected chi connectivity index (χ0v) is 27.1. The van der Waals surface area contributed by atoms with E-state index in [1.54, 1.807) is 7.11 Å². The van der Waals surface area contributed by atoms with Gasteiger partial charge in [0.05, 0.1) is 33.1 Å². The highest BCUT2D eigenvalue weighted by atomic mass is 28.3. The maximum absolute atomic E-state index is 12.7. The number of benzene rings is 3. The van der Waals surface area contributed by atoms with Crippen molar-refractivity contribution in [2.45, 2.75) is 70.0 Å². The number of rotatable bonds is 13. The Hall–Kier alpha value is -3.79. The fourth-order valence-electron chi connectivity index (χ4n) is 6.76. The van der Waals surface area contributed by atoms with Gasteiger partial charge >= 0.3 is 0 Å². The largest absolute Gasteiger partial charge is 0.497 e. The molecule has 0 bridgehead atoms. The van der Waals surface area contributed by atoms with Crippen LogP contribution in [0, 0.1) is 5.92 Å². The summed E-state index contributed by atoms with van der Waals surface area (Å²) in [5.41, 5.74) is 3.84. The van der Waals surface area contributed by atoms with Crippen molar-refractivity contribution in [1.29, 1.82) is 0 Å². The minimum Gasteiger partial charge on any atom is -0.497 e. The summed E-state index contributed by atoms with van der Waals surface area (Å²) in [5, 5.41) is 22.2. The average Bonchev–Trinajstić information content (AvgIpc) is 3.63. The number of anilines is 1. The van der Waals surface area contributed by atoms with Crippen molar-refractivity contribution in [2.75, 3.05) is 19.0 Å². The van der Waals surface area contributed by atoms with Gasteiger partial charge in [-0.15, -0.1) is 5.10 Å². The van der Waals surface area contributed by atoms with Crippen LogP contribution in [0.4, 0.5) is 5.69 Å². The molecule has 4 atom stereocenters. The molecule has 9 heteroatoms. The summed E-state index contributed by atoms with van der Waals surface area (Å²) in [4.78, 5) is 12.7. The lowest BCUT2D eigenvalue weighted by Gasteiger charge is -2.36. The predicted octanol–water partition coefficient (Wildman–Crippen LogP) is 5.49. The summed E-state index contributed by atoms with van der Waals surface area (Å²) in [6, 6.07) is 26.0. The van der Waals surface area contributed by atoms with Crippen LogP contribution in [0.3, 0.4) is 0 Å². The molecule has 44 heavy (non-hydrogen) atoms. The SMILES string of the molecule is COc1ccc([Si](C)(C)[C@H]2[C@H](C)[C@H](CCc3cccc(NC(=O)c4ccccc4)c3)O[C@@H]2CCn2cc(CCO)nn2)cc1. The molecule has 1 aliphatic rings. The molecule has 0 aliphatic carbocycles. The van der Waals surface area contributed by atoms with Crippen molar-refractivity contribution in [3.05, 3.63) is 102 Å². The number of hydrogen-bond donors (Lipinski definition) is 2. The zero-order valence-electron chi connectivity index (χ0n) is 26.1. The first-order valence-corrected chi connectivity index (χ1v) is 18.6. The highest BCUT2D eigenvalue weighted by molar-refractivity contribution is 6.91. The number of amides is 1. The van der Waals surface area contributed by atoms with Crippen molar-refractivity contribution in [3.63, 3.8) is 0 Å². The summed E-state index contributed by atoms with van der Waals surface area (Å²) in [7, 11) is -0.267. The van der Waals surface area contributed by atoms with Gasteiger partial charge in [0.2, 0.25) is 0 Å². The van der Waals surface area contributed by atoms with Gasteiger partial charge in [-0.2, -0.15) is 0 Å². The molecule has 2 N–H and O–H groups in total. The Morgan fingerprint density at radius 2 is 1.77 bits per heavy atom. The second-order valence-corrected chi connectivity index (χ2v) is 17.0. The molecular weight excluding hydrogens is 568 g/mol. The predicted molar refractivity (Wildman–Crippen MR) is 176 cm³/mol. The molecule has 4 aromatic rings. The number of nitrogens with zero attached hydrogens (tertiary/aromatic N) is 3. The van der Waals surface area contributed by atoms with Gasteiger partial charge in [-0.25, -0.2) is 0 Å². The van der Waals surface area contributed by atoms with Crippen molar-refractivity contribution in [3.8, 4) is 5.75 Å². The number of aromatic nitrogens is 3. The topological polar surface area (TPSA) is 98.5 Å². The molecule has 0 radical (unpaired) electrons. The number of carbonyl (C=O) groups is 1. The van der Waals surface area contributed by atoms with Gasteiger partial charge in [0.25, 0.3) is 5.91 Å². The van der Waals surface area contributed by atoms with Gasteiger partial charge in [-0.05, 0) is 72.7 Å². The smallest absolute Gasteiger partial charge is 0.255 e. The highest BCUT2D eigenvalue weighted by Gasteiger charge is 2.50. The quantitative estimate of drug-likeness (QED) is 0.194. The van der Waals surface area contributed by atoms with E-state index in [2.05, 4.69) is 72.0 Å². The lowest BCUT2D eigenvalue weighted by Crippen LogP contribution is -2.50. The Morgan fingerprint density at radius 3 is 2.50 bits per heavy atom. The first-order chi connectivity index (χ1) is 21.3. The van der Waals surface area contributed by atoms with Gasteiger partial charge < -0.3 is 19.9 Å². The van der Waals surface area contributed by atoms with E-state index in [1.165, 1.54) is 10.8 Å². The van der Waals surface area contributed by atoms with E-state index in [0.717, 1.165) is 42.9 Å². The molecule has 3 aromatic carbocycles. The lowest BCUT2D eigenvalue weighted by molar-refractivity contribution is 0.0249. The first-order valence-electron chi connectivity index (χ1n) is 15.5. The highest BCUT2D eigenvalue weighted by Crippen LogP contribution is 2.46. The van der Waals surface area contributed by atoms with Crippen LogP contribution in [0.2, 0.25) is 18.6 Å². The molecule has 0 unspecified atom stereocenters. The van der Waals surface area contributed by atoms with E-state index in [4.69, 9.17) is 9.47 Å². The molecule has 8 nitrogen and oxygen atoms in total. The van der Waals surface area contributed by atoms with E-state index in [9.17, 15) is 9.90 Å². The van der Waals surface area contributed by atoms with Crippen molar-refractivity contribution >= 4 is 24.9 Å². The van der Waals surface area contributed by atoms with Crippen molar-refractivity contribution in [1.82, 2.24) is 15.0 Å². The third-order valence-electron chi connectivity index (χ3n) is 9.11. The van der Waals surface area contributed by atoms with E-state index in [-0.39, 0.29) is 24.7 Å². The summed E-state index contributed by atoms with van der Waals surface area (Å²) >= 11 is 0. The third-order valence-corrected chi connectivity index (χ3v) is 13.5. The van der Waals surface area contributed by atoms with Crippen LogP contribution in [0.15, 0.2) is 85.1 Å². The maximum atomic E-state index is 12.7. The molecule has 0 spiro atoms. The Kier molecular flexibility index (Phi) is 10.3. The molecule has 1 aliphatic heterocycles. The van der Waals surface area contributed by atoms with Crippen LogP contribution in [0.5, 0.6) is 5.75 Å². The molecule has 1 aromatic heterocycles. The van der Waals surface area contributed by atoms with E-state index < -0.39 is 8.07 Å². The Bertz CT molecular complexity index is 1510. The summed E-state index contributed by atoms with van der Waals surface area (Å²) in [6.07, 6.45) is 5.27. The van der Waals surface area contributed by atoms with Gasteiger partial charge in [0, 0.05) is 37.0 Å². The number of nitrogens with one attached hydrogen (secondary N) is 1. The van der Waals surface area contributed by atoms with Crippen LogP contribution < -0.4 is 15.2 Å². The minimum absolute atomic E-state index is 0.0651. The monoisotopic (exact) mass is 612 g/mol. The van der Waals surface area contributed by atoms with Crippen LogP contribution in [-0.2, 0) is 24.1 Å². The van der Waals surface area contributed by atoms with Gasteiger partial charge in [-0.3, -0.25) is 9.48 Å². The van der Waals surface area contributed by atoms with E-state index >= 15 is 0 Å². The molecule has 5 rings (SSSR count). The van der Waals surface area contributed by atoms with Crippen LogP contribution in [-0.4, -0.2) is 60.0 Å². The molecule has 232 valence electrons. The Morgan fingerprint density at radius 1 is 1.00 bits per heavy atom. The lowest BCUT2D eigenvalue weighted by atomic mass is 9.95. The minimum atomic E-state index is -1.97. The fraction of sp³-hybridized carbons (Fsp3) is 0.400. The number of aryl methyl sites for hydroxylation is 2. The average molecular weight is 613 g/mol. The second kappa shape index (κ2) is 14.3. The zero-order chi connectivity index (χ0) is 31.1. The molecule has 1 amide bonds. The Balaban J connectivity index is 1.30. The van der Waals surface area contributed by atoms with Gasteiger partial charge in [-0.1, -0.05) is 72.9 Å². The van der Waals surface area contributed by atoms with Crippen LogP contribution in [0.25, 0.3) is 0 Å². The number of aliphatic hydroxyl groups excluding tert-OH is 1. The van der Waals surface area contributed by atoms with Gasteiger partial charge in [0.1, 0.15) is 5.75 Å². The second-order valence-electron chi connectivity index (χ2n) is 12.3. The van der Waals surface area contributed by atoms with E-state index in [0.29, 0.717) is 23.4 Å². The number of carbonyl (C=O) groups excluding carboxylic acids is 1. The molecular formula is C35H44N4O4Si. The van der Waals surface area contributed by atoms with Crippen LogP contribution >= 0.6 is 0 Å². The summed E-state index contributed by atoms with van der Waals surface area (Å²) in [5.74, 6) is 1.14. The first kappa shape index (κ1) is 31.6. The Labute approximate surface area is 261 Å². The number of methoxy groups -OCH3 is 1. The number of ether oxygens (including phenoxy) is 2. The van der Waals surface area contributed by atoms with Crippen molar-refractivity contribution < 1.29 is 19.4 Å². The van der Waals surface area contributed by atoms with Crippen LogP contribution in [0.1, 0.15) is 41.4 Å². The van der Waals surface area contributed by atoms with Gasteiger partial charge in [0.15, 0.2) is 0 Å². The van der Waals surface area contributed by atoms with Crippen molar-refractivity contribution in [2.24, 2.45) is 5.92 Å². The number of aliphatic hydroxyl groups is 1. The normalized spacial score (nSPS) is 20.0. The standard InChI is InChI=1S/C35H44N4O4Si/c1-25-32(18-13-26-9-8-12-28(23-26)36-35(41)27-10-6-5-7-11-27)43-33(19-21-39-24-29(20-22-40)37-38-39)34(25)44(3,4)31-16-14-30(42-2)15-17-31/h5-12,14-17,23-25,32-34,40H,13,18-22H2,1-4H3,(H,36,41)/t25-,32+,33-,34+/m1/s1.